The number of nitrogens with zero attached hydrogens (tertiary/aromatic N) is 3. The van der Waals surface area contributed by atoms with E-state index >= 15 is 0 Å². The molecule has 2 rings (SSSR count). The lowest BCUT2D eigenvalue weighted by Crippen LogP contribution is -2.34. The molecule has 2 atom stereocenters. The van der Waals surface area contributed by atoms with Crippen LogP contribution in [-0.2, 0) is 0 Å². The van der Waals surface area contributed by atoms with E-state index in [0.29, 0.717) is 12.1 Å². The van der Waals surface area contributed by atoms with Gasteiger partial charge < -0.3 is 14.9 Å². The fourth-order valence-corrected chi connectivity index (χ4v) is 2.66. The van der Waals surface area contributed by atoms with Gasteiger partial charge in [0.25, 0.3) is 5.91 Å². The Morgan fingerprint density at radius 1 is 1.35 bits per heavy atom. The highest BCUT2D eigenvalue weighted by Crippen LogP contribution is 2.26. The van der Waals surface area contributed by atoms with Crippen LogP contribution >= 0.6 is 0 Å². The molecule has 1 aromatic heterocycles. The van der Waals surface area contributed by atoms with Gasteiger partial charge in [0, 0.05) is 39.8 Å². The molecule has 1 amide bonds. The number of aliphatic hydroxyl groups is 1. The van der Waals surface area contributed by atoms with E-state index in [9.17, 15) is 9.90 Å². The van der Waals surface area contributed by atoms with Crippen molar-refractivity contribution in [3.63, 3.8) is 0 Å². The Kier molecular flexibility index (Phi) is 4.60. The minimum absolute atomic E-state index is 0.0399. The van der Waals surface area contributed by atoms with Gasteiger partial charge >= 0.3 is 0 Å². The standard InChI is InChI=1S/C15H23N3O2/c1-17(2)14-8-7-11(9-16-14)15(20)18(3)10-12-5-4-6-13(12)19/h7-9,12-13,19H,4-6,10H2,1-3H3. The molecule has 20 heavy (non-hydrogen) atoms. The Balaban J connectivity index is 1.99. The number of hydrogen-bond acceptors (Lipinski definition) is 4. The smallest absolute Gasteiger partial charge is 0.255 e. The molecule has 0 spiro atoms. The van der Waals surface area contributed by atoms with Crippen LogP contribution in [0, 0.1) is 5.92 Å². The molecule has 1 aliphatic carbocycles. The van der Waals surface area contributed by atoms with Crippen LogP contribution in [0.2, 0.25) is 0 Å². The number of aromatic nitrogens is 1. The van der Waals surface area contributed by atoms with E-state index in [1.54, 1.807) is 24.2 Å². The summed E-state index contributed by atoms with van der Waals surface area (Å²) >= 11 is 0. The number of anilines is 1. The van der Waals surface area contributed by atoms with Gasteiger partial charge in [0.2, 0.25) is 0 Å². The highest BCUT2D eigenvalue weighted by Gasteiger charge is 2.27. The Labute approximate surface area is 120 Å². The third kappa shape index (κ3) is 3.28. The summed E-state index contributed by atoms with van der Waals surface area (Å²) in [5.74, 6) is 0.996. The van der Waals surface area contributed by atoms with Crippen molar-refractivity contribution in [1.29, 1.82) is 0 Å². The second kappa shape index (κ2) is 6.22. The second-order valence-corrected chi connectivity index (χ2v) is 5.74. The van der Waals surface area contributed by atoms with Crippen molar-refractivity contribution in [2.75, 3.05) is 32.6 Å². The second-order valence-electron chi connectivity index (χ2n) is 5.74. The van der Waals surface area contributed by atoms with Crippen LogP contribution in [-0.4, -0.2) is 54.7 Å². The van der Waals surface area contributed by atoms with E-state index in [4.69, 9.17) is 0 Å². The predicted molar refractivity (Wildman–Crippen MR) is 78.9 cm³/mol. The van der Waals surface area contributed by atoms with Gasteiger partial charge in [-0.05, 0) is 25.0 Å². The summed E-state index contributed by atoms with van der Waals surface area (Å²) in [4.78, 5) is 20.2. The summed E-state index contributed by atoms with van der Waals surface area (Å²) in [7, 11) is 5.61. The van der Waals surface area contributed by atoms with Crippen LogP contribution in [0.4, 0.5) is 5.82 Å². The van der Waals surface area contributed by atoms with Gasteiger partial charge in [0.05, 0.1) is 11.7 Å². The van der Waals surface area contributed by atoms with Crippen LogP contribution < -0.4 is 4.90 Å². The van der Waals surface area contributed by atoms with Gasteiger partial charge in [-0.3, -0.25) is 4.79 Å². The number of hydrogen-bond donors (Lipinski definition) is 1. The van der Waals surface area contributed by atoms with E-state index in [-0.39, 0.29) is 17.9 Å². The maximum absolute atomic E-state index is 12.3. The summed E-state index contributed by atoms with van der Waals surface area (Å²) in [6.45, 7) is 0.607. The molecule has 0 saturated heterocycles. The van der Waals surface area contributed by atoms with E-state index in [1.807, 2.05) is 25.1 Å². The number of rotatable bonds is 4. The van der Waals surface area contributed by atoms with Crippen LogP contribution in [0.25, 0.3) is 0 Å². The molecule has 5 nitrogen and oxygen atoms in total. The molecule has 1 fully saturated rings. The van der Waals surface area contributed by atoms with Crippen LogP contribution in [0.1, 0.15) is 29.6 Å². The molecule has 0 bridgehead atoms. The summed E-state index contributed by atoms with van der Waals surface area (Å²) < 4.78 is 0. The number of carbonyl (C=O) groups is 1. The number of carbonyl (C=O) groups excluding carboxylic acids is 1. The van der Waals surface area contributed by atoms with Gasteiger partial charge in [0.15, 0.2) is 0 Å². The first-order valence-electron chi connectivity index (χ1n) is 7.06. The van der Waals surface area contributed by atoms with Gasteiger partial charge in [-0.25, -0.2) is 4.98 Å². The third-order valence-electron chi connectivity index (χ3n) is 3.93. The largest absolute Gasteiger partial charge is 0.393 e. The highest BCUT2D eigenvalue weighted by molar-refractivity contribution is 5.93. The summed E-state index contributed by atoms with van der Waals surface area (Å²) in [5, 5.41) is 9.83. The molecular weight excluding hydrogens is 254 g/mol. The Morgan fingerprint density at radius 2 is 2.10 bits per heavy atom. The minimum Gasteiger partial charge on any atom is -0.393 e. The Bertz CT molecular complexity index is 459. The van der Waals surface area contributed by atoms with Crippen molar-refractivity contribution >= 4 is 11.7 Å². The van der Waals surface area contributed by atoms with E-state index < -0.39 is 0 Å². The highest BCUT2D eigenvalue weighted by atomic mass is 16.3. The van der Waals surface area contributed by atoms with Crippen molar-refractivity contribution in [1.82, 2.24) is 9.88 Å². The van der Waals surface area contributed by atoms with Crippen molar-refractivity contribution in [3.05, 3.63) is 23.9 Å². The molecule has 1 N–H and O–H groups in total. The summed E-state index contributed by atoms with van der Waals surface area (Å²) in [6.07, 6.45) is 4.24. The zero-order valence-corrected chi connectivity index (χ0v) is 12.4. The molecule has 0 radical (unpaired) electrons. The lowest BCUT2D eigenvalue weighted by molar-refractivity contribution is 0.0693. The average Bonchev–Trinajstić information content (AvgIpc) is 2.83. The van der Waals surface area contributed by atoms with Gasteiger partial charge in [-0.15, -0.1) is 0 Å². The van der Waals surface area contributed by atoms with Crippen LogP contribution in [0.3, 0.4) is 0 Å². The minimum atomic E-state index is -0.264. The van der Waals surface area contributed by atoms with Crippen molar-refractivity contribution in [3.8, 4) is 0 Å². The number of amides is 1. The maximum Gasteiger partial charge on any atom is 0.255 e. The van der Waals surface area contributed by atoms with Gasteiger partial charge in [0.1, 0.15) is 5.82 Å². The topological polar surface area (TPSA) is 56.7 Å². The monoisotopic (exact) mass is 277 g/mol. The van der Waals surface area contributed by atoms with Crippen molar-refractivity contribution < 1.29 is 9.90 Å². The number of aliphatic hydroxyl groups excluding tert-OH is 1. The molecular formula is C15H23N3O2. The first-order valence-corrected chi connectivity index (χ1v) is 7.06. The zero-order valence-electron chi connectivity index (χ0n) is 12.4. The van der Waals surface area contributed by atoms with Crippen LogP contribution in [0.15, 0.2) is 18.3 Å². The fraction of sp³-hybridized carbons (Fsp3) is 0.600. The summed E-state index contributed by atoms with van der Waals surface area (Å²) in [6, 6.07) is 3.64. The fourth-order valence-electron chi connectivity index (χ4n) is 2.66. The molecule has 0 aliphatic heterocycles. The summed E-state index contributed by atoms with van der Waals surface area (Å²) in [5.41, 5.74) is 0.589. The zero-order chi connectivity index (χ0) is 14.7. The van der Waals surface area contributed by atoms with E-state index in [2.05, 4.69) is 4.98 Å². The first kappa shape index (κ1) is 14.8. The molecule has 1 aliphatic rings. The quantitative estimate of drug-likeness (QED) is 0.903. The van der Waals surface area contributed by atoms with Gasteiger partial charge in [-0.2, -0.15) is 0 Å². The third-order valence-corrected chi connectivity index (χ3v) is 3.93. The molecule has 110 valence electrons. The van der Waals surface area contributed by atoms with Crippen LogP contribution in [0.5, 0.6) is 0 Å². The van der Waals surface area contributed by atoms with Crippen molar-refractivity contribution in [2.24, 2.45) is 5.92 Å². The molecule has 2 unspecified atom stereocenters. The van der Waals surface area contributed by atoms with Crippen molar-refractivity contribution in [2.45, 2.75) is 25.4 Å². The Morgan fingerprint density at radius 3 is 2.60 bits per heavy atom. The number of pyridine rings is 1. The Hall–Kier alpha value is -1.62. The molecule has 5 heteroatoms. The molecule has 0 aromatic carbocycles. The SMILES string of the molecule is CN(CC1CCCC1O)C(=O)c1ccc(N(C)C)nc1. The molecule has 1 heterocycles. The van der Waals surface area contributed by atoms with E-state index in [1.165, 1.54) is 0 Å². The first-order chi connectivity index (χ1) is 9.49. The predicted octanol–water partition coefficient (Wildman–Crippen LogP) is 1.38. The lowest BCUT2D eigenvalue weighted by Gasteiger charge is -2.23. The van der Waals surface area contributed by atoms with Gasteiger partial charge in [-0.1, -0.05) is 6.42 Å². The van der Waals surface area contributed by atoms with E-state index in [0.717, 1.165) is 25.1 Å². The lowest BCUT2D eigenvalue weighted by atomic mass is 10.1. The average molecular weight is 277 g/mol. The maximum atomic E-state index is 12.3. The normalized spacial score (nSPS) is 21.8. The molecule has 1 saturated carbocycles. The molecule has 1 aromatic rings.